The maximum atomic E-state index is 12.2. The van der Waals surface area contributed by atoms with Gasteiger partial charge in [0.1, 0.15) is 6.04 Å². The van der Waals surface area contributed by atoms with E-state index in [9.17, 15) is 9.59 Å². The predicted octanol–water partition coefficient (Wildman–Crippen LogP) is 1.36. The van der Waals surface area contributed by atoms with Gasteiger partial charge in [0, 0.05) is 24.5 Å². The lowest BCUT2D eigenvalue weighted by molar-refractivity contribution is -0.149. The zero-order chi connectivity index (χ0) is 14.8. The normalized spacial score (nSPS) is 31.6. The van der Waals surface area contributed by atoms with E-state index in [-0.39, 0.29) is 35.4 Å². The van der Waals surface area contributed by atoms with E-state index >= 15 is 0 Å². The molecule has 1 saturated carbocycles. The average Bonchev–Trinajstić information content (AvgIpc) is 2.86. The van der Waals surface area contributed by atoms with Crippen molar-refractivity contribution in [3.05, 3.63) is 0 Å². The Morgan fingerprint density at radius 1 is 1.40 bits per heavy atom. The molecule has 0 aromatic heterocycles. The number of ether oxygens (including phenoxy) is 1. The third-order valence-electron chi connectivity index (χ3n) is 5.10. The lowest BCUT2D eigenvalue weighted by atomic mass is 9.58. The van der Waals surface area contributed by atoms with E-state index in [0.717, 1.165) is 19.3 Å². The number of carbonyl (C=O) groups is 2. The Hall–Kier alpha value is -1.10. The van der Waals surface area contributed by atoms with Crippen molar-refractivity contribution in [2.24, 2.45) is 5.41 Å². The van der Waals surface area contributed by atoms with Gasteiger partial charge in [-0.15, -0.1) is 0 Å². The Balaban J connectivity index is 1.95. The number of hydrogen-bond donors (Lipinski definition) is 2. The van der Waals surface area contributed by atoms with Gasteiger partial charge >= 0.3 is 0 Å². The molecular weight excluding hydrogens is 256 g/mol. The van der Waals surface area contributed by atoms with Crippen molar-refractivity contribution in [2.75, 3.05) is 6.61 Å². The molecule has 2 N–H and O–H groups in total. The topological polar surface area (TPSA) is 67.4 Å². The average molecular weight is 282 g/mol. The number of rotatable bonds is 6. The Morgan fingerprint density at radius 3 is 2.60 bits per heavy atom. The second kappa shape index (κ2) is 6.12. The van der Waals surface area contributed by atoms with Gasteiger partial charge in [-0.2, -0.15) is 0 Å². The van der Waals surface area contributed by atoms with Gasteiger partial charge in [-0.05, 0) is 32.6 Å². The molecule has 1 heterocycles. The van der Waals surface area contributed by atoms with Crippen molar-refractivity contribution in [2.45, 2.75) is 71.1 Å². The molecule has 5 nitrogen and oxygen atoms in total. The number of nitrogens with one attached hydrogen (secondary N) is 2. The highest BCUT2D eigenvalue weighted by molar-refractivity contribution is 5.91. The first kappa shape index (κ1) is 15.3. The van der Waals surface area contributed by atoms with Gasteiger partial charge in [0.15, 0.2) is 0 Å². The zero-order valence-corrected chi connectivity index (χ0v) is 12.7. The quantitative estimate of drug-likeness (QED) is 0.773. The van der Waals surface area contributed by atoms with Crippen LogP contribution in [0.3, 0.4) is 0 Å². The molecule has 0 bridgehead atoms. The molecule has 2 fully saturated rings. The van der Waals surface area contributed by atoms with Crippen molar-refractivity contribution >= 4 is 11.8 Å². The highest BCUT2D eigenvalue weighted by atomic mass is 16.5. The Labute approximate surface area is 120 Å². The first-order valence-electron chi connectivity index (χ1n) is 7.78. The largest absolute Gasteiger partial charge is 0.378 e. The highest BCUT2D eigenvalue weighted by Gasteiger charge is 2.54. The Bertz CT molecular complexity index is 379. The van der Waals surface area contributed by atoms with E-state index in [2.05, 4.69) is 24.5 Å². The summed E-state index contributed by atoms with van der Waals surface area (Å²) in [6.07, 6.45) is 4.17. The van der Waals surface area contributed by atoms with E-state index in [4.69, 9.17) is 4.74 Å². The summed E-state index contributed by atoms with van der Waals surface area (Å²) in [4.78, 5) is 23.4. The van der Waals surface area contributed by atoms with Crippen LogP contribution >= 0.6 is 0 Å². The van der Waals surface area contributed by atoms with Crippen molar-refractivity contribution in [1.29, 1.82) is 0 Å². The summed E-state index contributed by atoms with van der Waals surface area (Å²) in [6.45, 7) is 7.04. The van der Waals surface area contributed by atoms with E-state index < -0.39 is 0 Å². The minimum Gasteiger partial charge on any atom is -0.378 e. The van der Waals surface area contributed by atoms with E-state index in [1.165, 1.54) is 0 Å². The predicted molar refractivity (Wildman–Crippen MR) is 76.1 cm³/mol. The van der Waals surface area contributed by atoms with Crippen molar-refractivity contribution < 1.29 is 14.3 Å². The molecule has 2 aliphatic rings. The maximum Gasteiger partial charge on any atom is 0.242 e. The molecule has 20 heavy (non-hydrogen) atoms. The fraction of sp³-hybridized carbons (Fsp3) is 0.867. The van der Waals surface area contributed by atoms with Crippen LogP contribution in [-0.4, -0.2) is 36.6 Å². The second-order valence-corrected chi connectivity index (χ2v) is 5.84. The SMILES string of the molecule is CCO[C@@H]1C[C@H](NC(=O)[C@H]2CCC(=O)N2)C1(CC)CC. The molecule has 114 valence electrons. The zero-order valence-electron chi connectivity index (χ0n) is 12.7. The maximum absolute atomic E-state index is 12.2. The van der Waals surface area contributed by atoms with Crippen LogP contribution in [0.2, 0.25) is 0 Å². The third kappa shape index (κ3) is 2.55. The van der Waals surface area contributed by atoms with Crippen molar-refractivity contribution in [3.63, 3.8) is 0 Å². The molecule has 3 atom stereocenters. The van der Waals surface area contributed by atoms with Crippen LogP contribution in [0.4, 0.5) is 0 Å². The number of amides is 2. The Morgan fingerprint density at radius 2 is 2.10 bits per heavy atom. The minimum absolute atomic E-state index is 0.0248. The number of carbonyl (C=O) groups excluding carboxylic acids is 2. The molecule has 1 saturated heterocycles. The molecule has 2 rings (SSSR count). The van der Waals surface area contributed by atoms with Gasteiger partial charge in [0.2, 0.25) is 11.8 Å². The van der Waals surface area contributed by atoms with Gasteiger partial charge in [0.05, 0.1) is 6.10 Å². The molecule has 0 radical (unpaired) electrons. The summed E-state index contributed by atoms with van der Waals surface area (Å²) in [5.41, 5.74) is 0.0499. The lowest BCUT2D eigenvalue weighted by Gasteiger charge is -2.55. The summed E-state index contributed by atoms with van der Waals surface area (Å²) in [5.74, 6) is -0.0646. The summed E-state index contributed by atoms with van der Waals surface area (Å²) < 4.78 is 5.81. The summed E-state index contributed by atoms with van der Waals surface area (Å²) in [7, 11) is 0. The molecule has 0 aromatic carbocycles. The van der Waals surface area contributed by atoms with Crippen LogP contribution in [-0.2, 0) is 14.3 Å². The highest BCUT2D eigenvalue weighted by Crippen LogP contribution is 2.48. The molecule has 0 spiro atoms. The Kier molecular flexibility index (Phi) is 4.68. The first-order valence-corrected chi connectivity index (χ1v) is 7.78. The summed E-state index contributed by atoms with van der Waals surface area (Å²) in [5, 5.41) is 5.85. The fourth-order valence-corrected chi connectivity index (χ4v) is 3.67. The minimum atomic E-state index is -0.347. The molecule has 0 unspecified atom stereocenters. The smallest absolute Gasteiger partial charge is 0.242 e. The van der Waals surface area contributed by atoms with Gasteiger partial charge in [-0.3, -0.25) is 9.59 Å². The monoisotopic (exact) mass is 282 g/mol. The lowest BCUT2D eigenvalue weighted by Crippen LogP contribution is -2.65. The van der Waals surface area contributed by atoms with Gasteiger partial charge < -0.3 is 15.4 Å². The molecule has 2 amide bonds. The van der Waals surface area contributed by atoms with Crippen molar-refractivity contribution in [3.8, 4) is 0 Å². The van der Waals surface area contributed by atoms with Crippen LogP contribution in [0.15, 0.2) is 0 Å². The van der Waals surface area contributed by atoms with Crippen molar-refractivity contribution in [1.82, 2.24) is 10.6 Å². The van der Waals surface area contributed by atoms with Crippen LogP contribution in [0.5, 0.6) is 0 Å². The van der Waals surface area contributed by atoms with Crippen LogP contribution < -0.4 is 10.6 Å². The summed E-state index contributed by atoms with van der Waals surface area (Å²) >= 11 is 0. The standard InChI is InChI=1S/C15H26N2O3/c1-4-15(5-2)11(9-12(15)20-6-3)17-14(19)10-7-8-13(18)16-10/h10-12H,4-9H2,1-3H3,(H,16,18)(H,17,19)/t10-,11+,12-/m1/s1. The third-order valence-corrected chi connectivity index (χ3v) is 5.10. The van der Waals surface area contributed by atoms with Crippen LogP contribution in [0.25, 0.3) is 0 Å². The molecule has 0 aromatic rings. The van der Waals surface area contributed by atoms with Gasteiger partial charge in [-0.25, -0.2) is 0 Å². The molecule has 5 heteroatoms. The molecule has 1 aliphatic carbocycles. The molecular formula is C15H26N2O3. The summed E-state index contributed by atoms with van der Waals surface area (Å²) in [6, 6.07) is -0.181. The van der Waals surface area contributed by atoms with Crippen LogP contribution in [0, 0.1) is 5.41 Å². The molecule has 1 aliphatic heterocycles. The second-order valence-electron chi connectivity index (χ2n) is 5.84. The first-order chi connectivity index (χ1) is 9.57. The van der Waals surface area contributed by atoms with Gasteiger partial charge in [0.25, 0.3) is 0 Å². The van der Waals surface area contributed by atoms with E-state index in [0.29, 0.717) is 19.4 Å². The van der Waals surface area contributed by atoms with Gasteiger partial charge in [-0.1, -0.05) is 13.8 Å². The van der Waals surface area contributed by atoms with Crippen LogP contribution in [0.1, 0.15) is 52.9 Å². The van der Waals surface area contributed by atoms with E-state index in [1.54, 1.807) is 0 Å². The van der Waals surface area contributed by atoms with E-state index in [1.807, 2.05) is 6.92 Å². The fourth-order valence-electron chi connectivity index (χ4n) is 3.67. The number of hydrogen-bond acceptors (Lipinski definition) is 3.